The highest BCUT2D eigenvalue weighted by Crippen LogP contribution is 2.48. The predicted molar refractivity (Wildman–Crippen MR) is 180 cm³/mol. The van der Waals surface area contributed by atoms with E-state index in [1.54, 1.807) is 12.3 Å². The van der Waals surface area contributed by atoms with Gasteiger partial charge in [-0.2, -0.15) is 0 Å². The molecular formula is C36H36F2N4O5S. The Hall–Kier alpha value is -4.42. The average Bonchev–Trinajstić information content (AvgIpc) is 4.01. The first-order chi connectivity index (χ1) is 23.1. The second-order valence-electron chi connectivity index (χ2n) is 13.0. The number of hydrogen-bond acceptors (Lipinski definition) is 7. The first-order valence-electron chi connectivity index (χ1n) is 16.1. The van der Waals surface area contributed by atoms with Crippen LogP contribution in [0.15, 0.2) is 66.9 Å². The molecule has 1 aliphatic heterocycles. The minimum atomic E-state index is -1.27. The van der Waals surface area contributed by atoms with E-state index < -0.39 is 39.7 Å². The van der Waals surface area contributed by atoms with E-state index in [1.165, 1.54) is 36.4 Å². The molecule has 3 aliphatic rings. The standard InChI is InChI=1S/C36H36F2N4O5S/c1-22-18-27-29(20-32(22)46-21-35(11-12-35)42-25-9-16-48(45)17-10-25)39-15-8-30(27)47-31-7-6-26(19-28(31)38)41-34(44)36(13-14-36)33(43)40-24-4-2-23(37)3-5-24/h2-8,15,18-20,25,42H,9-14,16-17,21H2,1H3,(H,40,43)(H,41,44). The highest BCUT2D eigenvalue weighted by atomic mass is 32.2. The number of rotatable bonds is 11. The summed E-state index contributed by atoms with van der Waals surface area (Å²) in [7, 11) is -0.692. The number of hydrogen-bond donors (Lipinski definition) is 3. The van der Waals surface area contributed by atoms with Crippen molar-refractivity contribution in [2.24, 2.45) is 5.41 Å². The summed E-state index contributed by atoms with van der Waals surface area (Å²) in [4.78, 5) is 30.4. The Labute approximate surface area is 279 Å². The molecule has 2 saturated carbocycles. The normalized spacial score (nSPS) is 20.5. The average molecular weight is 675 g/mol. The van der Waals surface area contributed by atoms with Gasteiger partial charge in [0.15, 0.2) is 11.6 Å². The maximum Gasteiger partial charge on any atom is 0.240 e. The quantitative estimate of drug-likeness (QED) is 0.158. The third kappa shape index (κ3) is 6.91. The number of amides is 2. The third-order valence-electron chi connectivity index (χ3n) is 9.39. The monoisotopic (exact) mass is 674 g/mol. The highest BCUT2D eigenvalue weighted by Gasteiger charge is 2.56. The fourth-order valence-electron chi connectivity index (χ4n) is 6.07. The van der Waals surface area contributed by atoms with Crippen molar-refractivity contribution in [1.82, 2.24) is 10.3 Å². The minimum Gasteiger partial charge on any atom is -0.491 e. The van der Waals surface area contributed by atoms with Gasteiger partial charge in [-0.25, -0.2) is 8.78 Å². The van der Waals surface area contributed by atoms with E-state index in [0.717, 1.165) is 54.6 Å². The predicted octanol–water partition coefficient (Wildman–Crippen LogP) is 6.38. The van der Waals surface area contributed by atoms with Gasteiger partial charge in [0.2, 0.25) is 11.8 Å². The Balaban J connectivity index is 0.993. The van der Waals surface area contributed by atoms with Gasteiger partial charge < -0.3 is 25.4 Å². The smallest absolute Gasteiger partial charge is 0.240 e. The van der Waals surface area contributed by atoms with E-state index in [0.29, 0.717) is 47.8 Å². The fourth-order valence-corrected chi connectivity index (χ4v) is 7.37. The first kappa shape index (κ1) is 32.1. The zero-order chi connectivity index (χ0) is 33.5. The molecule has 0 unspecified atom stereocenters. The van der Waals surface area contributed by atoms with Crippen molar-refractivity contribution in [2.45, 2.75) is 57.0 Å². The van der Waals surface area contributed by atoms with Crippen molar-refractivity contribution in [1.29, 1.82) is 0 Å². The lowest BCUT2D eigenvalue weighted by Gasteiger charge is -2.28. The second kappa shape index (κ2) is 12.9. The summed E-state index contributed by atoms with van der Waals surface area (Å²) >= 11 is 0. The van der Waals surface area contributed by atoms with Crippen LogP contribution in [-0.4, -0.2) is 50.7 Å². The lowest BCUT2D eigenvalue weighted by atomic mass is 10.0. The number of ether oxygens (including phenoxy) is 2. The van der Waals surface area contributed by atoms with E-state index in [-0.39, 0.29) is 17.0 Å². The molecule has 2 heterocycles. The molecule has 3 fully saturated rings. The van der Waals surface area contributed by atoms with Crippen molar-refractivity contribution in [3.8, 4) is 17.2 Å². The number of carbonyl (C=O) groups is 2. The molecule has 1 saturated heterocycles. The number of fused-ring (bicyclic) bond motifs is 1. The molecule has 48 heavy (non-hydrogen) atoms. The van der Waals surface area contributed by atoms with Gasteiger partial charge in [0.1, 0.15) is 29.3 Å². The first-order valence-corrected chi connectivity index (χ1v) is 17.6. The van der Waals surface area contributed by atoms with Crippen LogP contribution in [0.25, 0.3) is 10.9 Å². The van der Waals surface area contributed by atoms with Crippen LogP contribution in [-0.2, 0) is 20.4 Å². The van der Waals surface area contributed by atoms with E-state index >= 15 is 4.39 Å². The van der Waals surface area contributed by atoms with Gasteiger partial charge in [-0.3, -0.25) is 18.8 Å². The van der Waals surface area contributed by atoms with Crippen molar-refractivity contribution >= 4 is 44.9 Å². The number of carbonyl (C=O) groups excluding carboxylic acids is 2. The molecule has 2 aliphatic carbocycles. The Morgan fingerprint density at radius 2 is 1.56 bits per heavy atom. The summed E-state index contributed by atoms with van der Waals surface area (Å²) in [6.07, 6.45) is 6.21. The molecule has 250 valence electrons. The SMILES string of the molecule is Cc1cc2c(Oc3ccc(NC(=O)C4(C(=O)Nc5ccc(F)cc5)CC4)cc3F)ccnc2cc1OCC1(NC2CCS(=O)CC2)CC1. The van der Waals surface area contributed by atoms with Crippen molar-refractivity contribution in [3.63, 3.8) is 0 Å². The minimum absolute atomic E-state index is 0.0398. The Bertz CT molecular complexity index is 1900. The summed E-state index contributed by atoms with van der Waals surface area (Å²) in [6, 6.07) is 15.2. The van der Waals surface area contributed by atoms with Crippen molar-refractivity contribution in [3.05, 3.63) is 84.1 Å². The summed E-state index contributed by atoms with van der Waals surface area (Å²) in [6.45, 7) is 2.48. The maximum absolute atomic E-state index is 15.3. The van der Waals surface area contributed by atoms with Crippen LogP contribution < -0.4 is 25.4 Å². The molecule has 0 atom stereocenters. The van der Waals surface area contributed by atoms with Crippen LogP contribution >= 0.6 is 0 Å². The lowest BCUT2D eigenvalue weighted by molar-refractivity contribution is -0.131. The zero-order valence-electron chi connectivity index (χ0n) is 26.4. The number of pyridine rings is 1. The van der Waals surface area contributed by atoms with E-state index in [4.69, 9.17) is 9.47 Å². The molecule has 7 rings (SSSR count). The number of halogens is 2. The molecule has 2 amide bonds. The van der Waals surface area contributed by atoms with E-state index in [9.17, 15) is 18.2 Å². The third-order valence-corrected chi connectivity index (χ3v) is 10.8. The van der Waals surface area contributed by atoms with Crippen LogP contribution in [0.2, 0.25) is 0 Å². The van der Waals surface area contributed by atoms with Gasteiger partial charge in [-0.15, -0.1) is 0 Å². The summed E-state index contributed by atoms with van der Waals surface area (Å²) < 4.78 is 52.5. The Morgan fingerprint density at radius 3 is 2.23 bits per heavy atom. The van der Waals surface area contributed by atoms with Gasteiger partial charge in [0.05, 0.1) is 11.1 Å². The molecule has 3 aromatic carbocycles. The van der Waals surface area contributed by atoms with Gasteiger partial charge in [0, 0.05) is 63.4 Å². The Morgan fingerprint density at radius 1 is 0.875 bits per heavy atom. The number of nitrogens with one attached hydrogen (secondary N) is 3. The second-order valence-corrected chi connectivity index (χ2v) is 14.7. The molecule has 3 N–H and O–H groups in total. The van der Waals surface area contributed by atoms with Crippen LogP contribution in [0.1, 0.15) is 44.1 Å². The number of benzene rings is 3. The van der Waals surface area contributed by atoms with Crippen LogP contribution in [0.4, 0.5) is 20.2 Å². The van der Waals surface area contributed by atoms with Gasteiger partial charge in [-0.05, 0) is 99.5 Å². The molecule has 9 nitrogen and oxygen atoms in total. The van der Waals surface area contributed by atoms with Crippen LogP contribution in [0.3, 0.4) is 0 Å². The van der Waals surface area contributed by atoms with Crippen molar-refractivity contribution < 1.29 is 32.1 Å². The van der Waals surface area contributed by atoms with Gasteiger partial charge in [0.25, 0.3) is 0 Å². The molecule has 0 bridgehead atoms. The molecule has 0 radical (unpaired) electrons. The molecule has 0 spiro atoms. The molecule has 12 heteroatoms. The molecule has 4 aromatic rings. The van der Waals surface area contributed by atoms with Gasteiger partial charge in [-0.1, -0.05) is 0 Å². The van der Waals surface area contributed by atoms with Gasteiger partial charge >= 0.3 is 0 Å². The number of anilines is 2. The number of aryl methyl sites for hydroxylation is 1. The molecular weight excluding hydrogens is 638 g/mol. The Kier molecular flexibility index (Phi) is 8.63. The highest BCUT2D eigenvalue weighted by molar-refractivity contribution is 7.85. The fraction of sp³-hybridized carbons (Fsp3) is 0.361. The topological polar surface area (TPSA) is 119 Å². The van der Waals surface area contributed by atoms with Crippen molar-refractivity contribution in [2.75, 3.05) is 28.7 Å². The lowest BCUT2D eigenvalue weighted by Crippen LogP contribution is -2.46. The molecule has 1 aromatic heterocycles. The number of aromatic nitrogens is 1. The van der Waals surface area contributed by atoms with E-state index in [2.05, 4.69) is 20.9 Å². The summed E-state index contributed by atoms with van der Waals surface area (Å²) in [5.74, 6) is 0.424. The number of nitrogens with zero attached hydrogens (tertiary/aromatic N) is 1. The summed E-state index contributed by atoms with van der Waals surface area (Å²) in [5.41, 5.74) is 0.764. The maximum atomic E-state index is 15.3. The van der Waals surface area contributed by atoms with Crippen LogP contribution in [0.5, 0.6) is 17.2 Å². The van der Waals surface area contributed by atoms with E-state index in [1.807, 2.05) is 19.1 Å². The van der Waals surface area contributed by atoms with Crippen LogP contribution in [0, 0.1) is 24.0 Å². The largest absolute Gasteiger partial charge is 0.491 e. The zero-order valence-corrected chi connectivity index (χ0v) is 27.3. The summed E-state index contributed by atoms with van der Waals surface area (Å²) in [5, 5.41) is 9.75.